The molecular weight excluding hydrogens is 494 g/mol. The third-order valence-electron chi connectivity index (χ3n) is 7.11. The van der Waals surface area contributed by atoms with Crippen molar-refractivity contribution in [2.45, 2.75) is 25.7 Å². The first kappa shape index (κ1) is 26.0. The number of fused-ring (bicyclic) bond motifs is 1. The molecule has 4 aromatic rings. The summed E-state index contributed by atoms with van der Waals surface area (Å²) >= 11 is 0. The number of nitrogens with zero attached hydrogens (tertiary/aromatic N) is 1. The Hall–Kier alpha value is -4.59. The topological polar surface area (TPSA) is 101 Å². The maximum absolute atomic E-state index is 13.0. The molecular formula is C31H31N3O5. The molecule has 8 nitrogen and oxygen atoms in total. The van der Waals surface area contributed by atoms with Gasteiger partial charge in [0.15, 0.2) is 5.76 Å². The number of carbonyl (C=O) groups is 3. The monoisotopic (exact) mass is 525 g/mol. The lowest BCUT2D eigenvalue weighted by atomic mass is 9.89. The molecule has 1 fully saturated rings. The first-order valence-corrected chi connectivity index (χ1v) is 13.0. The van der Waals surface area contributed by atoms with Gasteiger partial charge < -0.3 is 24.7 Å². The van der Waals surface area contributed by atoms with Crippen LogP contribution in [-0.2, 0) is 4.79 Å². The molecule has 200 valence electrons. The quantitative estimate of drug-likeness (QED) is 0.348. The van der Waals surface area contributed by atoms with Crippen molar-refractivity contribution in [2.75, 3.05) is 32.1 Å². The second-order valence-electron chi connectivity index (χ2n) is 9.80. The highest BCUT2D eigenvalue weighted by Crippen LogP contribution is 2.31. The maximum Gasteiger partial charge on any atom is 0.289 e. The van der Waals surface area contributed by atoms with Crippen LogP contribution in [0.4, 0.5) is 5.69 Å². The number of hydrogen-bond donors (Lipinski definition) is 2. The molecule has 0 spiro atoms. The summed E-state index contributed by atoms with van der Waals surface area (Å²) in [5, 5.41) is 6.31. The minimum Gasteiger partial charge on any atom is -0.497 e. The van der Waals surface area contributed by atoms with Crippen LogP contribution >= 0.6 is 0 Å². The number of ether oxygens (including phenoxy) is 1. The van der Waals surface area contributed by atoms with E-state index >= 15 is 0 Å². The molecule has 0 bridgehead atoms. The second kappa shape index (κ2) is 11.4. The molecule has 2 N–H and O–H groups in total. The van der Waals surface area contributed by atoms with Crippen LogP contribution in [0, 0.1) is 6.92 Å². The third kappa shape index (κ3) is 6.12. The summed E-state index contributed by atoms with van der Waals surface area (Å²) < 4.78 is 11.0. The SMILES string of the molecule is COc1ccc2oc(C(=O)N3CCC(c4ccc(NC(=O)CNC(=O)c5ccc(C)cc5)cc4)CC3)cc2c1. The summed E-state index contributed by atoms with van der Waals surface area (Å²) in [6.07, 6.45) is 1.69. The standard InChI is InChI=1S/C31H31N3O5/c1-20-3-5-23(6-4-20)30(36)32-19-29(35)33-25-9-7-21(8-10-25)22-13-15-34(16-14-22)31(37)28-18-24-17-26(38-2)11-12-27(24)39-28/h3-12,17-18,22H,13-16,19H2,1-2H3,(H,32,36)(H,33,35). The van der Waals surface area contributed by atoms with Gasteiger partial charge in [-0.05, 0) is 79.8 Å². The number of carbonyl (C=O) groups excluding carboxylic acids is 3. The van der Waals surface area contributed by atoms with E-state index in [2.05, 4.69) is 10.6 Å². The number of nitrogens with one attached hydrogen (secondary N) is 2. The first-order valence-electron chi connectivity index (χ1n) is 13.0. The average Bonchev–Trinajstić information content (AvgIpc) is 3.40. The van der Waals surface area contributed by atoms with Gasteiger partial charge in [0.05, 0.1) is 13.7 Å². The molecule has 1 aliphatic heterocycles. The highest BCUT2D eigenvalue weighted by Gasteiger charge is 2.26. The number of anilines is 1. The Labute approximate surface area is 226 Å². The van der Waals surface area contributed by atoms with Crippen molar-refractivity contribution in [1.82, 2.24) is 10.2 Å². The van der Waals surface area contributed by atoms with E-state index in [1.165, 1.54) is 5.56 Å². The number of rotatable bonds is 7. The van der Waals surface area contributed by atoms with Gasteiger partial charge in [0, 0.05) is 29.7 Å². The van der Waals surface area contributed by atoms with Gasteiger partial charge in [-0.15, -0.1) is 0 Å². The first-order chi connectivity index (χ1) is 18.9. The van der Waals surface area contributed by atoms with E-state index in [1.54, 1.807) is 25.3 Å². The Morgan fingerprint density at radius 2 is 1.67 bits per heavy atom. The summed E-state index contributed by atoms with van der Waals surface area (Å²) in [6, 6.07) is 22.2. The Morgan fingerprint density at radius 3 is 2.36 bits per heavy atom. The molecule has 1 saturated heterocycles. The van der Waals surface area contributed by atoms with Gasteiger partial charge in [0.2, 0.25) is 5.91 Å². The molecule has 39 heavy (non-hydrogen) atoms. The largest absolute Gasteiger partial charge is 0.497 e. The summed E-state index contributed by atoms with van der Waals surface area (Å²) in [5.41, 5.74) is 4.08. The Morgan fingerprint density at radius 1 is 0.949 bits per heavy atom. The zero-order valence-electron chi connectivity index (χ0n) is 22.0. The fraction of sp³-hybridized carbons (Fsp3) is 0.258. The van der Waals surface area contributed by atoms with Crippen molar-refractivity contribution < 1.29 is 23.5 Å². The highest BCUT2D eigenvalue weighted by molar-refractivity contribution is 5.99. The number of methoxy groups -OCH3 is 1. The minimum absolute atomic E-state index is 0.101. The van der Waals surface area contributed by atoms with E-state index in [0.29, 0.717) is 41.6 Å². The summed E-state index contributed by atoms with van der Waals surface area (Å²) in [5.74, 6) is 0.707. The summed E-state index contributed by atoms with van der Waals surface area (Å²) in [4.78, 5) is 39.4. The molecule has 0 unspecified atom stereocenters. The van der Waals surface area contributed by atoms with Crippen LogP contribution < -0.4 is 15.4 Å². The van der Waals surface area contributed by atoms with Crippen molar-refractivity contribution in [3.8, 4) is 5.75 Å². The van der Waals surface area contributed by atoms with Crippen LogP contribution in [0.15, 0.2) is 77.2 Å². The number of aryl methyl sites for hydroxylation is 1. The summed E-state index contributed by atoms with van der Waals surface area (Å²) in [6.45, 7) is 3.12. The van der Waals surface area contributed by atoms with Crippen LogP contribution in [0.25, 0.3) is 11.0 Å². The molecule has 0 aliphatic carbocycles. The van der Waals surface area contributed by atoms with E-state index in [1.807, 2.05) is 66.4 Å². The van der Waals surface area contributed by atoms with Gasteiger partial charge in [0.25, 0.3) is 11.8 Å². The number of amides is 3. The molecule has 0 saturated carbocycles. The molecule has 2 heterocycles. The number of hydrogen-bond acceptors (Lipinski definition) is 5. The minimum atomic E-state index is -0.293. The van der Waals surface area contributed by atoms with Crippen molar-refractivity contribution in [2.24, 2.45) is 0 Å². The number of piperidine rings is 1. The van der Waals surface area contributed by atoms with Gasteiger partial charge in [-0.2, -0.15) is 0 Å². The van der Waals surface area contributed by atoms with Gasteiger partial charge in [-0.3, -0.25) is 14.4 Å². The van der Waals surface area contributed by atoms with Crippen molar-refractivity contribution >= 4 is 34.4 Å². The van der Waals surface area contributed by atoms with E-state index in [0.717, 1.165) is 29.5 Å². The fourth-order valence-electron chi connectivity index (χ4n) is 4.84. The normalized spacial score (nSPS) is 13.7. The second-order valence-corrected chi connectivity index (χ2v) is 9.80. The fourth-order valence-corrected chi connectivity index (χ4v) is 4.84. The van der Waals surface area contributed by atoms with Crippen molar-refractivity contribution in [1.29, 1.82) is 0 Å². The lowest BCUT2D eigenvalue weighted by molar-refractivity contribution is -0.115. The molecule has 0 radical (unpaired) electrons. The third-order valence-corrected chi connectivity index (χ3v) is 7.11. The Kier molecular flexibility index (Phi) is 7.63. The zero-order valence-corrected chi connectivity index (χ0v) is 22.0. The molecule has 1 aromatic heterocycles. The lowest BCUT2D eigenvalue weighted by Gasteiger charge is -2.31. The van der Waals surface area contributed by atoms with E-state index in [9.17, 15) is 14.4 Å². The number of furan rings is 1. The highest BCUT2D eigenvalue weighted by atomic mass is 16.5. The Balaban J connectivity index is 1.10. The van der Waals surface area contributed by atoms with E-state index < -0.39 is 0 Å². The predicted octanol–water partition coefficient (Wildman–Crippen LogP) is 5.14. The van der Waals surface area contributed by atoms with Crippen LogP contribution in [0.5, 0.6) is 5.75 Å². The number of benzene rings is 3. The molecule has 0 atom stereocenters. The van der Waals surface area contributed by atoms with Gasteiger partial charge in [-0.1, -0.05) is 29.8 Å². The van der Waals surface area contributed by atoms with Crippen LogP contribution in [0.1, 0.15) is 50.8 Å². The van der Waals surface area contributed by atoms with Crippen LogP contribution in [0.2, 0.25) is 0 Å². The molecule has 5 rings (SSSR count). The predicted molar refractivity (Wildman–Crippen MR) is 149 cm³/mol. The molecule has 8 heteroatoms. The maximum atomic E-state index is 13.0. The summed E-state index contributed by atoms with van der Waals surface area (Å²) in [7, 11) is 1.61. The van der Waals surface area contributed by atoms with Crippen LogP contribution in [-0.4, -0.2) is 49.4 Å². The van der Waals surface area contributed by atoms with Gasteiger partial charge in [-0.25, -0.2) is 0 Å². The van der Waals surface area contributed by atoms with Crippen LogP contribution in [0.3, 0.4) is 0 Å². The zero-order chi connectivity index (χ0) is 27.4. The van der Waals surface area contributed by atoms with Crippen molar-refractivity contribution in [3.05, 3.63) is 95.2 Å². The molecule has 3 aromatic carbocycles. The van der Waals surface area contributed by atoms with Gasteiger partial charge >= 0.3 is 0 Å². The van der Waals surface area contributed by atoms with E-state index in [4.69, 9.17) is 9.15 Å². The lowest BCUT2D eigenvalue weighted by Crippen LogP contribution is -2.37. The van der Waals surface area contributed by atoms with Crippen molar-refractivity contribution in [3.63, 3.8) is 0 Å². The number of likely N-dealkylation sites (tertiary alicyclic amines) is 1. The van der Waals surface area contributed by atoms with Gasteiger partial charge in [0.1, 0.15) is 11.3 Å². The smallest absolute Gasteiger partial charge is 0.289 e. The average molecular weight is 526 g/mol. The molecule has 3 amide bonds. The van der Waals surface area contributed by atoms with E-state index in [-0.39, 0.29) is 24.3 Å². The molecule has 1 aliphatic rings. The Bertz CT molecular complexity index is 1480.